The Balaban J connectivity index is 1.51. The maximum absolute atomic E-state index is 12.1. The summed E-state index contributed by atoms with van der Waals surface area (Å²) in [7, 11) is 0. The number of rotatable bonds is 7. The number of hydrogen-bond acceptors (Lipinski definition) is 5. The highest BCUT2D eigenvalue weighted by Gasteiger charge is 2.14. The first-order chi connectivity index (χ1) is 13.0. The Morgan fingerprint density at radius 2 is 1.67 bits per heavy atom. The van der Waals surface area contributed by atoms with Crippen LogP contribution in [-0.4, -0.2) is 16.7 Å². The molecule has 0 radical (unpaired) electrons. The van der Waals surface area contributed by atoms with Gasteiger partial charge in [0, 0.05) is 17.5 Å². The van der Waals surface area contributed by atoms with Crippen molar-refractivity contribution in [2.75, 3.05) is 0 Å². The number of nitrogens with zero attached hydrogens (tertiary/aromatic N) is 1. The Kier molecular flexibility index (Phi) is 5.81. The van der Waals surface area contributed by atoms with Crippen molar-refractivity contribution < 1.29 is 18.7 Å². The van der Waals surface area contributed by atoms with E-state index in [1.807, 2.05) is 49.4 Å². The zero-order chi connectivity index (χ0) is 19.2. The molecular formula is C22H21NO4. The lowest BCUT2D eigenvalue weighted by Gasteiger charge is -2.04. The number of esters is 1. The second-order valence-electron chi connectivity index (χ2n) is 6.34. The number of carbonyl (C=O) groups excluding carboxylic acids is 2. The van der Waals surface area contributed by atoms with E-state index in [0.29, 0.717) is 22.9 Å². The number of hydrogen-bond donors (Lipinski definition) is 0. The molecule has 0 spiro atoms. The summed E-state index contributed by atoms with van der Waals surface area (Å²) >= 11 is 0. The molecule has 0 aliphatic rings. The van der Waals surface area contributed by atoms with E-state index in [0.717, 1.165) is 11.1 Å². The van der Waals surface area contributed by atoms with Gasteiger partial charge in [-0.15, -0.1) is 0 Å². The average Bonchev–Trinajstić information content (AvgIpc) is 3.06. The summed E-state index contributed by atoms with van der Waals surface area (Å²) < 4.78 is 10.9. The van der Waals surface area contributed by atoms with Crippen molar-refractivity contribution in [1.29, 1.82) is 0 Å². The molecule has 0 N–H and O–H groups in total. The first-order valence-electron chi connectivity index (χ1n) is 8.80. The third kappa shape index (κ3) is 4.91. The summed E-state index contributed by atoms with van der Waals surface area (Å²) in [6.07, 6.45) is 0.157. The molecule has 0 aliphatic heterocycles. The summed E-state index contributed by atoms with van der Waals surface area (Å²) in [5.74, 6) is 0.598. The summed E-state index contributed by atoms with van der Waals surface area (Å²) in [4.78, 5) is 28.5. The molecule has 0 saturated carbocycles. The van der Waals surface area contributed by atoms with Gasteiger partial charge in [-0.05, 0) is 26.0 Å². The van der Waals surface area contributed by atoms with Crippen LogP contribution in [0.3, 0.4) is 0 Å². The monoisotopic (exact) mass is 363 g/mol. The lowest BCUT2D eigenvalue weighted by Crippen LogP contribution is -2.09. The number of Topliss-reactive ketones (excluding diaryl/α,β-unsaturated/α-hetero) is 1. The van der Waals surface area contributed by atoms with Crippen LogP contribution in [0.1, 0.15) is 40.2 Å². The first kappa shape index (κ1) is 18.6. The summed E-state index contributed by atoms with van der Waals surface area (Å²) in [6.45, 7) is 3.77. The number of oxazole rings is 1. The lowest BCUT2D eigenvalue weighted by atomic mass is 10.1. The maximum atomic E-state index is 12.1. The zero-order valence-corrected chi connectivity index (χ0v) is 15.4. The van der Waals surface area contributed by atoms with Gasteiger partial charge in [-0.3, -0.25) is 9.59 Å². The van der Waals surface area contributed by atoms with Crippen LogP contribution in [0.15, 0.2) is 59.0 Å². The molecule has 2 aromatic carbocycles. The predicted octanol–water partition coefficient (Wildman–Crippen LogP) is 4.66. The van der Waals surface area contributed by atoms with Gasteiger partial charge in [0.25, 0.3) is 0 Å². The highest BCUT2D eigenvalue weighted by Crippen LogP contribution is 2.22. The van der Waals surface area contributed by atoms with Gasteiger partial charge < -0.3 is 9.15 Å². The van der Waals surface area contributed by atoms with Crippen LogP contribution in [0.25, 0.3) is 11.5 Å². The average molecular weight is 363 g/mol. The van der Waals surface area contributed by atoms with Crippen LogP contribution in [-0.2, 0) is 16.1 Å². The topological polar surface area (TPSA) is 69.4 Å². The fourth-order valence-electron chi connectivity index (χ4n) is 2.59. The van der Waals surface area contributed by atoms with Gasteiger partial charge in [-0.25, -0.2) is 4.98 Å². The van der Waals surface area contributed by atoms with Crippen LogP contribution >= 0.6 is 0 Å². The van der Waals surface area contributed by atoms with Crippen molar-refractivity contribution in [2.24, 2.45) is 0 Å². The molecule has 0 atom stereocenters. The molecule has 3 rings (SSSR count). The van der Waals surface area contributed by atoms with Crippen LogP contribution < -0.4 is 0 Å². The standard InChI is InChI=1S/C22H21NO4/c1-15-8-10-17(11-9-15)20(24)12-13-21(25)26-14-19-16(2)27-22(23-19)18-6-4-3-5-7-18/h3-11H,12-14H2,1-2H3. The Hall–Kier alpha value is -3.21. The smallest absolute Gasteiger partial charge is 0.306 e. The van der Waals surface area contributed by atoms with E-state index in [1.54, 1.807) is 19.1 Å². The number of aromatic nitrogens is 1. The van der Waals surface area contributed by atoms with Gasteiger partial charge in [0.2, 0.25) is 5.89 Å². The van der Waals surface area contributed by atoms with Gasteiger partial charge in [-0.1, -0.05) is 48.0 Å². The van der Waals surface area contributed by atoms with Crippen LogP contribution in [0, 0.1) is 13.8 Å². The minimum atomic E-state index is -0.431. The molecular weight excluding hydrogens is 342 g/mol. The van der Waals surface area contributed by atoms with Crippen molar-refractivity contribution in [3.05, 3.63) is 77.2 Å². The molecule has 138 valence electrons. The number of aryl methyl sites for hydroxylation is 2. The van der Waals surface area contributed by atoms with Crippen LogP contribution in [0.5, 0.6) is 0 Å². The van der Waals surface area contributed by atoms with Gasteiger partial charge in [-0.2, -0.15) is 0 Å². The van der Waals surface area contributed by atoms with Crippen molar-refractivity contribution in [3.8, 4) is 11.5 Å². The third-order valence-electron chi connectivity index (χ3n) is 4.21. The largest absolute Gasteiger partial charge is 0.459 e. The number of carbonyl (C=O) groups is 2. The molecule has 27 heavy (non-hydrogen) atoms. The Morgan fingerprint density at radius 3 is 2.37 bits per heavy atom. The number of benzene rings is 2. The minimum Gasteiger partial charge on any atom is -0.459 e. The molecule has 5 heteroatoms. The SMILES string of the molecule is Cc1ccc(C(=O)CCC(=O)OCc2nc(-c3ccccc3)oc2C)cc1. The third-order valence-corrected chi connectivity index (χ3v) is 4.21. The van der Waals surface area contributed by atoms with Gasteiger partial charge in [0.1, 0.15) is 18.1 Å². The van der Waals surface area contributed by atoms with E-state index in [2.05, 4.69) is 4.98 Å². The van der Waals surface area contributed by atoms with E-state index in [-0.39, 0.29) is 25.2 Å². The van der Waals surface area contributed by atoms with E-state index < -0.39 is 5.97 Å². The molecule has 0 amide bonds. The quantitative estimate of drug-likeness (QED) is 0.451. The molecule has 0 unspecified atom stereocenters. The van der Waals surface area contributed by atoms with Gasteiger partial charge in [0.15, 0.2) is 5.78 Å². The van der Waals surface area contributed by atoms with Crippen molar-refractivity contribution >= 4 is 11.8 Å². The normalized spacial score (nSPS) is 10.6. The van der Waals surface area contributed by atoms with Crippen LogP contribution in [0.4, 0.5) is 0 Å². The highest BCUT2D eigenvalue weighted by atomic mass is 16.5. The van der Waals surface area contributed by atoms with Crippen LogP contribution in [0.2, 0.25) is 0 Å². The van der Waals surface area contributed by atoms with E-state index in [1.165, 1.54) is 0 Å². The molecule has 0 saturated heterocycles. The Labute approximate surface area is 158 Å². The van der Waals surface area contributed by atoms with Gasteiger partial charge in [0.05, 0.1) is 6.42 Å². The summed E-state index contributed by atoms with van der Waals surface area (Å²) in [5.41, 5.74) is 3.13. The zero-order valence-electron chi connectivity index (χ0n) is 15.4. The lowest BCUT2D eigenvalue weighted by molar-refractivity contribution is -0.145. The second-order valence-corrected chi connectivity index (χ2v) is 6.34. The molecule has 1 aromatic heterocycles. The summed E-state index contributed by atoms with van der Waals surface area (Å²) in [6, 6.07) is 16.8. The predicted molar refractivity (Wildman–Crippen MR) is 101 cm³/mol. The Bertz CT molecular complexity index is 927. The maximum Gasteiger partial charge on any atom is 0.306 e. The van der Waals surface area contributed by atoms with E-state index >= 15 is 0 Å². The fourth-order valence-corrected chi connectivity index (χ4v) is 2.59. The van der Waals surface area contributed by atoms with E-state index in [9.17, 15) is 9.59 Å². The highest BCUT2D eigenvalue weighted by molar-refractivity contribution is 5.97. The molecule has 5 nitrogen and oxygen atoms in total. The molecule has 0 fully saturated rings. The van der Waals surface area contributed by atoms with Crippen molar-refractivity contribution in [3.63, 3.8) is 0 Å². The first-order valence-corrected chi connectivity index (χ1v) is 8.80. The molecule has 1 heterocycles. The molecule has 0 bridgehead atoms. The van der Waals surface area contributed by atoms with Gasteiger partial charge >= 0.3 is 5.97 Å². The number of ketones is 1. The van der Waals surface area contributed by atoms with E-state index in [4.69, 9.17) is 9.15 Å². The number of ether oxygens (including phenoxy) is 1. The molecule has 3 aromatic rings. The van der Waals surface area contributed by atoms with Crippen molar-refractivity contribution in [2.45, 2.75) is 33.3 Å². The minimum absolute atomic E-state index is 0.0275. The van der Waals surface area contributed by atoms with Crippen molar-refractivity contribution in [1.82, 2.24) is 4.98 Å². The molecule has 0 aliphatic carbocycles. The fraction of sp³-hybridized carbons (Fsp3) is 0.227. The second kappa shape index (κ2) is 8.45. The Morgan fingerprint density at radius 1 is 0.963 bits per heavy atom. The summed E-state index contributed by atoms with van der Waals surface area (Å²) in [5, 5.41) is 0.